The summed E-state index contributed by atoms with van der Waals surface area (Å²) in [5.74, 6) is 0.874. The first-order chi connectivity index (χ1) is 10.7. The molecular formula is C19H23NOS. The molecule has 0 heterocycles. The fourth-order valence-corrected chi connectivity index (χ4v) is 2.96. The minimum atomic E-state index is -0.385. The zero-order valence-corrected chi connectivity index (χ0v) is 13.9. The maximum absolute atomic E-state index is 11.3. The molecule has 0 saturated heterocycles. The Kier molecular flexibility index (Phi) is 6.53. The molecule has 0 aliphatic carbocycles. The molecule has 0 bridgehead atoms. The molecule has 0 aliphatic rings. The number of hydrogen-bond donors (Lipinski definition) is 1. The van der Waals surface area contributed by atoms with Crippen molar-refractivity contribution < 1.29 is 4.79 Å². The number of benzene rings is 2. The maximum Gasteiger partial charge on any atom is 0.248 e. The van der Waals surface area contributed by atoms with Crippen LogP contribution in [-0.2, 0) is 6.42 Å². The third-order valence-corrected chi connectivity index (χ3v) is 4.45. The third kappa shape index (κ3) is 4.92. The second-order valence-corrected chi connectivity index (χ2v) is 6.43. The van der Waals surface area contributed by atoms with Gasteiger partial charge in [-0.25, -0.2) is 0 Å². The molecule has 0 atom stereocenters. The molecule has 0 unspecified atom stereocenters. The van der Waals surface area contributed by atoms with Crippen molar-refractivity contribution in [1.82, 2.24) is 0 Å². The average Bonchev–Trinajstić information content (AvgIpc) is 2.55. The van der Waals surface area contributed by atoms with Gasteiger partial charge in [0, 0.05) is 5.56 Å². The van der Waals surface area contributed by atoms with Crippen LogP contribution in [-0.4, -0.2) is 17.9 Å². The summed E-state index contributed by atoms with van der Waals surface area (Å²) in [6, 6.07) is 16.1. The number of hydrogen-bond acceptors (Lipinski definition) is 2. The minimum Gasteiger partial charge on any atom is -0.366 e. The molecule has 0 spiro atoms. The Bertz CT molecular complexity index is 607. The van der Waals surface area contributed by atoms with Gasteiger partial charge >= 0.3 is 0 Å². The van der Waals surface area contributed by atoms with Crippen LogP contribution in [0, 0.1) is 0 Å². The van der Waals surface area contributed by atoms with Gasteiger partial charge in [-0.15, -0.1) is 0 Å². The van der Waals surface area contributed by atoms with Gasteiger partial charge in [0.15, 0.2) is 0 Å². The molecule has 0 aliphatic heterocycles. The van der Waals surface area contributed by atoms with Crippen LogP contribution in [0.1, 0.15) is 35.2 Å². The van der Waals surface area contributed by atoms with Crippen LogP contribution in [0.5, 0.6) is 0 Å². The Hall–Kier alpha value is -1.74. The van der Waals surface area contributed by atoms with Gasteiger partial charge in [-0.1, -0.05) is 42.8 Å². The van der Waals surface area contributed by atoms with Gasteiger partial charge < -0.3 is 5.73 Å². The van der Waals surface area contributed by atoms with E-state index in [0.717, 1.165) is 17.5 Å². The fraction of sp³-hybridized carbons (Fsp3) is 0.316. The fourth-order valence-electron chi connectivity index (χ4n) is 2.47. The number of thioether (sulfide) groups is 1. The number of amides is 1. The van der Waals surface area contributed by atoms with E-state index >= 15 is 0 Å². The number of primary amides is 1. The second-order valence-electron chi connectivity index (χ2n) is 5.45. The third-order valence-electron chi connectivity index (χ3n) is 3.75. The van der Waals surface area contributed by atoms with Crippen LogP contribution in [0.4, 0.5) is 0 Å². The number of unbranched alkanes of at least 4 members (excludes halogenated alkanes) is 2. The highest BCUT2D eigenvalue weighted by atomic mass is 32.2. The van der Waals surface area contributed by atoms with E-state index < -0.39 is 0 Å². The van der Waals surface area contributed by atoms with Gasteiger partial charge in [-0.05, 0) is 60.1 Å². The SMILES string of the molecule is CSCCCCCc1ccc(-c2cccc(C(N)=O)c2)cc1. The monoisotopic (exact) mass is 313 g/mol. The van der Waals surface area contributed by atoms with Gasteiger partial charge in [0.2, 0.25) is 5.91 Å². The number of aryl methyl sites for hydroxylation is 1. The van der Waals surface area contributed by atoms with Crippen LogP contribution in [0.25, 0.3) is 11.1 Å². The van der Waals surface area contributed by atoms with Crippen molar-refractivity contribution in [3.8, 4) is 11.1 Å². The number of nitrogens with two attached hydrogens (primary N) is 1. The van der Waals surface area contributed by atoms with Gasteiger partial charge in [0.25, 0.3) is 0 Å². The van der Waals surface area contributed by atoms with Crippen LogP contribution >= 0.6 is 11.8 Å². The van der Waals surface area contributed by atoms with Gasteiger partial charge in [0.05, 0.1) is 0 Å². The van der Waals surface area contributed by atoms with Crippen molar-refractivity contribution in [1.29, 1.82) is 0 Å². The first kappa shape index (κ1) is 16.6. The molecule has 2 aromatic rings. The molecule has 2 nitrogen and oxygen atoms in total. The number of carbonyl (C=O) groups is 1. The van der Waals surface area contributed by atoms with Crippen molar-refractivity contribution in [2.24, 2.45) is 5.73 Å². The molecule has 2 N–H and O–H groups in total. The summed E-state index contributed by atoms with van der Waals surface area (Å²) in [5.41, 5.74) is 9.41. The summed E-state index contributed by atoms with van der Waals surface area (Å²) in [6.45, 7) is 0. The van der Waals surface area contributed by atoms with Crippen molar-refractivity contribution in [2.75, 3.05) is 12.0 Å². The Morgan fingerprint density at radius 2 is 1.77 bits per heavy atom. The van der Waals surface area contributed by atoms with E-state index in [-0.39, 0.29) is 5.91 Å². The number of carbonyl (C=O) groups excluding carboxylic acids is 1. The molecule has 3 heteroatoms. The van der Waals surface area contributed by atoms with Crippen LogP contribution in [0.15, 0.2) is 48.5 Å². The topological polar surface area (TPSA) is 43.1 Å². The molecule has 116 valence electrons. The smallest absolute Gasteiger partial charge is 0.248 e. The minimum absolute atomic E-state index is 0.385. The van der Waals surface area contributed by atoms with Gasteiger partial charge in [-0.2, -0.15) is 11.8 Å². The zero-order chi connectivity index (χ0) is 15.8. The lowest BCUT2D eigenvalue weighted by Crippen LogP contribution is -2.10. The Morgan fingerprint density at radius 1 is 1.00 bits per heavy atom. The van der Waals surface area contributed by atoms with E-state index in [4.69, 9.17) is 5.73 Å². The molecule has 0 aromatic heterocycles. The van der Waals surface area contributed by atoms with Crippen molar-refractivity contribution in [3.63, 3.8) is 0 Å². The summed E-state index contributed by atoms with van der Waals surface area (Å²) in [7, 11) is 0. The first-order valence-electron chi connectivity index (χ1n) is 7.69. The van der Waals surface area contributed by atoms with Gasteiger partial charge in [0.1, 0.15) is 0 Å². The van der Waals surface area contributed by atoms with E-state index in [9.17, 15) is 4.79 Å². The summed E-state index contributed by atoms with van der Waals surface area (Å²) in [4.78, 5) is 11.3. The molecule has 2 aromatic carbocycles. The lowest BCUT2D eigenvalue weighted by atomic mass is 10.00. The van der Waals surface area contributed by atoms with E-state index in [1.165, 1.54) is 30.6 Å². The van der Waals surface area contributed by atoms with Crippen LogP contribution in [0.3, 0.4) is 0 Å². The molecule has 0 saturated carbocycles. The maximum atomic E-state index is 11.3. The molecule has 22 heavy (non-hydrogen) atoms. The Balaban J connectivity index is 1.97. The van der Waals surface area contributed by atoms with E-state index in [1.54, 1.807) is 6.07 Å². The Labute approximate surface area is 137 Å². The average molecular weight is 313 g/mol. The molecular weight excluding hydrogens is 290 g/mol. The zero-order valence-electron chi connectivity index (χ0n) is 13.0. The van der Waals surface area contributed by atoms with E-state index in [1.807, 2.05) is 30.0 Å². The van der Waals surface area contributed by atoms with E-state index in [2.05, 4.69) is 30.5 Å². The summed E-state index contributed by atoms with van der Waals surface area (Å²) >= 11 is 1.92. The quantitative estimate of drug-likeness (QED) is 0.728. The molecule has 2 rings (SSSR count). The predicted molar refractivity (Wildman–Crippen MR) is 96.3 cm³/mol. The summed E-state index contributed by atoms with van der Waals surface area (Å²) < 4.78 is 0. The normalized spacial score (nSPS) is 10.6. The Morgan fingerprint density at radius 3 is 2.45 bits per heavy atom. The van der Waals surface area contributed by atoms with E-state index in [0.29, 0.717) is 5.56 Å². The van der Waals surface area contributed by atoms with Gasteiger partial charge in [-0.3, -0.25) is 4.79 Å². The molecule has 1 amide bonds. The van der Waals surface area contributed by atoms with Crippen molar-refractivity contribution in [2.45, 2.75) is 25.7 Å². The first-order valence-corrected chi connectivity index (χ1v) is 9.08. The largest absolute Gasteiger partial charge is 0.366 e. The van der Waals surface area contributed by atoms with Crippen LogP contribution in [0.2, 0.25) is 0 Å². The molecule has 0 fully saturated rings. The number of rotatable bonds is 8. The molecule has 0 radical (unpaired) electrons. The summed E-state index contributed by atoms with van der Waals surface area (Å²) in [6.07, 6.45) is 7.14. The lowest BCUT2D eigenvalue weighted by Gasteiger charge is -2.06. The van der Waals surface area contributed by atoms with Crippen LogP contribution < -0.4 is 5.73 Å². The summed E-state index contributed by atoms with van der Waals surface area (Å²) in [5, 5.41) is 0. The predicted octanol–water partition coefficient (Wildman–Crippen LogP) is 4.53. The highest BCUT2D eigenvalue weighted by molar-refractivity contribution is 7.98. The standard InChI is InChI=1S/C19H23NOS/c1-22-13-4-2-3-6-15-9-11-16(12-10-15)17-7-5-8-18(14-17)19(20)21/h5,7-12,14H,2-4,6,13H2,1H3,(H2,20,21). The highest BCUT2D eigenvalue weighted by Crippen LogP contribution is 2.21. The highest BCUT2D eigenvalue weighted by Gasteiger charge is 2.03. The van der Waals surface area contributed by atoms with Crippen molar-refractivity contribution >= 4 is 17.7 Å². The lowest BCUT2D eigenvalue weighted by molar-refractivity contribution is 0.100. The van der Waals surface area contributed by atoms with Crippen molar-refractivity contribution in [3.05, 3.63) is 59.7 Å². The second kappa shape index (κ2) is 8.64.